The van der Waals surface area contributed by atoms with Crippen molar-refractivity contribution in [2.24, 2.45) is 12.5 Å². The lowest BCUT2D eigenvalue weighted by atomic mass is 9.86. The Labute approximate surface area is 142 Å². The highest BCUT2D eigenvalue weighted by atomic mass is 16.2. The quantitative estimate of drug-likeness (QED) is 0.827. The third-order valence-corrected chi connectivity index (χ3v) is 3.70. The molecule has 0 saturated heterocycles. The third kappa shape index (κ3) is 4.08. The van der Waals surface area contributed by atoms with Crippen LogP contribution in [-0.2, 0) is 11.8 Å². The highest BCUT2D eigenvalue weighted by Crippen LogP contribution is 2.22. The van der Waals surface area contributed by atoms with Gasteiger partial charge in [-0.05, 0) is 31.3 Å². The van der Waals surface area contributed by atoms with Gasteiger partial charge in [0.1, 0.15) is 6.04 Å². The zero-order valence-electron chi connectivity index (χ0n) is 14.8. The number of anilines is 1. The summed E-state index contributed by atoms with van der Waals surface area (Å²) in [5.41, 5.74) is 1.65. The van der Waals surface area contributed by atoms with Gasteiger partial charge in [0, 0.05) is 35.5 Å². The first-order valence-electron chi connectivity index (χ1n) is 7.84. The number of ketones is 1. The number of carbonyl (C=O) groups is 2. The number of benzene rings is 1. The van der Waals surface area contributed by atoms with Crippen LogP contribution in [0.3, 0.4) is 0 Å². The molecule has 0 radical (unpaired) electrons. The summed E-state index contributed by atoms with van der Waals surface area (Å²) in [6, 6.07) is 6.47. The Kier molecular flexibility index (Phi) is 5.19. The van der Waals surface area contributed by atoms with Crippen LogP contribution in [0.15, 0.2) is 36.7 Å². The second-order valence-corrected chi connectivity index (χ2v) is 6.81. The second-order valence-electron chi connectivity index (χ2n) is 6.81. The van der Waals surface area contributed by atoms with Crippen molar-refractivity contribution in [1.82, 2.24) is 15.1 Å². The number of nitrogens with one attached hydrogen (secondary N) is 2. The van der Waals surface area contributed by atoms with E-state index in [1.165, 1.54) is 0 Å². The molecule has 2 N–H and O–H groups in total. The Morgan fingerprint density at radius 2 is 1.79 bits per heavy atom. The van der Waals surface area contributed by atoms with Crippen molar-refractivity contribution in [3.8, 4) is 0 Å². The number of aryl methyl sites for hydroxylation is 1. The zero-order valence-corrected chi connectivity index (χ0v) is 14.8. The van der Waals surface area contributed by atoms with Crippen LogP contribution in [0, 0.1) is 5.41 Å². The summed E-state index contributed by atoms with van der Waals surface area (Å²) in [5, 5.41) is 9.93. The van der Waals surface area contributed by atoms with Gasteiger partial charge >= 0.3 is 0 Å². The number of carbonyl (C=O) groups excluding carboxylic acids is 2. The van der Waals surface area contributed by atoms with Crippen molar-refractivity contribution < 1.29 is 9.59 Å². The molecule has 6 heteroatoms. The van der Waals surface area contributed by atoms with E-state index in [0.717, 1.165) is 5.56 Å². The van der Waals surface area contributed by atoms with Gasteiger partial charge in [0.2, 0.25) is 5.91 Å². The number of hydrogen-bond donors (Lipinski definition) is 2. The molecule has 0 saturated carbocycles. The van der Waals surface area contributed by atoms with E-state index in [2.05, 4.69) is 15.7 Å². The van der Waals surface area contributed by atoms with E-state index in [9.17, 15) is 9.59 Å². The first-order chi connectivity index (χ1) is 11.2. The summed E-state index contributed by atoms with van der Waals surface area (Å²) in [7, 11) is 3.53. The summed E-state index contributed by atoms with van der Waals surface area (Å²) >= 11 is 0. The molecule has 0 aliphatic heterocycles. The molecule has 2 aromatic rings. The van der Waals surface area contributed by atoms with Gasteiger partial charge in [-0.2, -0.15) is 5.10 Å². The molecule has 1 aromatic heterocycles. The average Bonchev–Trinajstić information content (AvgIpc) is 2.93. The average molecular weight is 328 g/mol. The van der Waals surface area contributed by atoms with Crippen molar-refractivity contribution in [1.29, 1.82) is 0 Å². The second kappa shape index (κ2) is 6.97. The maximum Gasteiger partial charge on any atom is 0.246 e. The molecule has 1 aromatic carbocycles. The standard InChI is InChI=1S/C18H24N4O2/c1-18(2,3)16(23)12-6-8-14(9-7-12)21-17(24)15(19-4)13-10-20-22(5)11-13/h6-11,15,19H,1-5H3,(H,21,24). The number of Topliss-reactive ketones (excluding diaryl/α,β-unsaturated/α-hetero) is 1. The molecule has 2 rings (SSSR count). The molecular weight excluding hydrogens is 304 g/mol. The minimum Gasteiger partial charge on any atom is -0.324 e. The summed E-state index contributed by atoms with van der Waals surface area (Å²) in [6.45, 7) is 5.66. The molecule has 128 valence electrons. The molecule has 0 aliphatic carbocycles. The largest absolute Gasteiger partial charge is 0.324 e. The van der Waals surface area contributed by atoms with Gasteiger partial charge in [0.05, 0.1) is 6.20 Å². The fraction of sp³-hybridized carbons (Fsp3) is 0.389. The predicted molar refractivity (Wildman–Crippen MR) is 93.9 cm³/mol. The normalized spacial score (nSPS) is 12.7. The van der Waals surface area contributed by atoms with E-state index < -0.39 is 11.5 Å². The van der Waals surface area contributed by atoms with Crippen molar-refractivity contribution >= 4 is 17.4 Å². The molecule has 24 heavy (non-hydrogen) atoms. The van der Waals surface area contributed by atoms with E-state index in [1.54, 1.807) is 55.4 Å². The lowest BCUT2D eigenvalue weighted by Gasteiger charge is -2.17. The maximum absolute atomic E-state index is 12.5. The molecule has 1 amide bonds. The van der Waals surface area contributed by atoms with E-state index in [-0.39, 0.29) is 11.7 Å². The predicted octanol–water partition coefficient (Wildman–Crippen LogP) is 2.55. The first kappa shape index (κ1) is 17.9. The molecule has 1 heterocycles. The Morgan fingerprint density at radius 1 is 1.17 bits per heavy atom. The van der Waals surface area contributed by atoms with Crippen LogP contribution in [0.5, 0.6) is 0 Å². The number of likely N-dealkylation sites (N-methyl/N-ethyl adjacent to an activating group) is 1. The molecule has 0 fully saturated rings. The van der Waals surface area contributed by atoms with Crippen LogP contribution in [-0.4, -0.2) is 28.5 Å². The van der Waals surface area contributed by atoms with Gasteiger partial charge < -0.3 is 10.6 Å². The Morgan fingerprint density at radius 3 is 2.25 bits per heavy atom. The monoisotopic (exact) mass is 328 g/mol. The number of nitrogens with zero attached hydrogens (tertiary/aromatic N) is 2. The molecule has 0 aliphatic rings. The SMILES string of the molecule is CNC(C(=O)Nc1ccc(C(=O)C(C)(C)C)cc1)c1cnn(C)c1. The maximum atomic E-state index is 12.5. The number of amides is 1. The number of rotatable bonds is 5. The highest BCUT2D eigenvalue weighted by molar-refractivity contribution is 6.00. The van der Waals surface area contributed by atoms with Gasteiger partial charge in [-0.25, -0.2) is 0 Å². The summed E-state index contributed by atoms with van der Waals surface area (Å²) < 4.78 is 1.65. The third-order valence-electron chi connectivity index (χ3n) is 3.70. The van der Waals surface area contributed by atoms with Gasteiger partial charge in [-0.15, -0.1) is 0 Å². The van der Waals surface area contributed by atoms with Gasteiger partial charge in [-0.1, -0.05) is 20.8 Å². The lowest BCUT2D eigenvalue weighted by Crippen LogP contribution is -2.30. The van der Waals surface area contributed by atoms with Crippen LogP contribution in [0.1, 0.15) is 42.7 Å². The topological polar surface area (TPSA) is 76.0 Å². The lowest BCUT2D eigenvalue weighted by molar-refractivity contribution is -0.118. The van der Waals surface area contributed by atoms with E-state index in [0.29, 0.717) is 11.3 Å². The Balaban J connectivity index is 2.10. The van der Waals surface area contributed by atoms with Crippen molar-refractivity contribution in [3.63, 3.8) is 0 Å². The summed E-state index contributed by atoms with van der Waals surface area (Å²) in [4.78, 5) is 24.7. The first-order valence-corrected chi connectivity index (χ1v) is 7.84. The Hall–Kier alpha value is -2.47. The smallest absolute Gasteiger partial charge is 0.246 e. The van der Waals surface area contributed by atoms with E-state index in [1.807, 2.05) is 20.8 Å². The fourth-order valence-corrected chi connectivity index (χ4v) is 2.39. The van der Waals surface area contributed by atoms with Crippen molar-refractivity contribution in [2.45, 2.75) is 26.8 Å². The van der Waals surface area contributed by atoms with Crippen LogP contribution in [0.4, 0.5) is 5.69 Å². The van der Waals surface area contributed by atoms with E-state index >= 15 is 0 Å². The number of aromatic nitrogens is 2. The zero-order chi connectivity index (χ0) is 17.9. The molecule has 1 atom stereocenters. The molecular formula is C18H24N4O2. The van der Waals surface area contributed by atoms with Gasteiger partial charge in [0.15, 0.2) is 5.78 Å². The van der Waals surface area contributed by atoms with Crippen LogP contribution >= 0.6 is 0 Å². The molecule has 6 nitrogen and oxygen atoms in total. The van der Waals surface area contributed by atoms with Crippen LogP contribution in [0.2, 0.25) is 0 Å². The molecule has 1 unspecified atom stereocenters. The summed E-state index contributed by atoms with van der Waals surface area (Å²) in [5.74, 6) is -0.107. The minimum absolute atomic E-state index is 0.0730. The Bertz CT molecular complexity index is 726. The van der Waals surface area contributed by atoms with E-state index in [4.69, 9.17) is 0 Å². The van der Waals surface area contributed by atoms with Crippen molar-refractivity contribution in [3.05, 3.63) is 47.8 Å². The molecule has 0 spiro atoms. The number of hydrogen-bond acceptors (Lipinski definition) is 4. The van der Waals surface area contributed by atoms with Crippen molar-refractivity contribution in [2.75, 3.05) is 12.4 Å². The highest BCUT2D eigenvalue weighted by Gasteiger charge is 2.23. The summed E-state index contributed by atoms with van der Waals surface area (Å²) in [6.07, 6.45) is 3.46. The van der Waals surface area contributed by atoms with Gasteiger partial charge in [-0.3, -0.25) is 14.3 Å². The van der Waals surface area contributed by atoms with Crippen LogP contribution in [0.25, 0.3) is 0 Å². The fourth-order valence-electron chi connectivity index (χ4n) is 2.39. The molecule has 0 bridgehead atoms. The minimum atomic E-state index is -0.491. The van der Waals surface area contributed by atoms with Crippen LogP contribution < -0.4 is 10.6 Å². The van der Waals surface area contributed by atoms with Gasteiger partial charge in [0.25, 0.3) is 0 Å².